The van der Waals surface area contributed by atoms with Crippen LogP contribution in [-0.4, -0.2) is 44.8 Å². The van der Waals surface area contributed by atoms with Gasteiger partial charge in [0, 0.05) is 7.05 Å². The second kappa shape index (κ2) is 9.11. The van der Waals surface area contributed by atoms with Crippen molar-refractivity contribution in [3.05, 3.63) is 22.2 Å². The average molecular weight is 403 g/mol. The highest BCUT2D eigenvalue weighted by atomic mass is 79.9. The largest absolute Gasteiger partial charge is 0.492 e. The van der Waals surface area contributed by atoms with E-state index in [1.165, 1.54) is 33.2 Å². The van der Waals surface area contributed by atoms with Gasteiger partial charge in [-0.2, -0.15) is 0 Å². The Balaban J connectivity index is 2.91. The van der Waals surface area contributed by atoms with Crippen molar-refractivity contribution in [2.75, 3.05) is 20.8 Å². The Morgan fingerprint density at radius 3 is 2.50 bits per heavy atom. The van der Waals surface area contributed by atoms with Crippen molar-refractivity contribution in [3.63, 3.8) is 0 Å². The van der Waals surface area contributed by atoms with E-state index in [4.69, 9.17) is 14.2 Å². The number of urea groups is 1. The molecule has 0 aromatic heterocycles. The second-order valence-corrected chi connectivity index (χ2v) is 5.39. The molecule has 9 heteroatoms. The number of halogens is 1. The molecule has 8 nitrogen and oxygen atoms in total. The Kier molecular flexibility index (Phi) is 7.50. The zero-order valence-electron chi connectivity index (χ0n) is 13.8. The Hall–Kier alpha value is -2.29. The molecule has 0 unspecified atom stereocenters. The molecule has 0 aliphatic carbocycles. The molecule has 0 aliphatic heterocycles. The molecule has 0 saturated carbocycles. The second-order valence-electron chi connectivity index (χ2n) is 4.54. The molecular weight excluding hydrogens is 384 g/mol. The number of imide groups is 1. The molecule has 1 aromatic carbocycles. The fraction of sp³-hybridized carbons (Fsp3) is 0.400. The SMILES string of the molecule is CCOc1cc(C(=O)O[C@H](C)C(=O)NC(=O)NC)cc(Br)c1OC. The van der Waals surface area contributed by atoms with Crippen LogP contribution in [0.15, 0.2) is 16.6 Å². The van der Waals surface area contributed by atoms with Gasteiger partial charge in [0.05, 0.1) is 23.8 Å². The van der Waals surface area contributed by atoms with Crippen LogP contribution in [0.2, 0.25) is 0 Å². The predicted molar refractivity (Wildman–Crippen MR) is 89.3 cm³/mol. The third kappa shape index (κ3) is 5.12. The normalized spacial score (nSPS) is 11.2. The van der Waals surface area contributed by atoms with Gasteiger partial charge < -0.3 is 19.5 Å². The third-order valence-corrected chi connectivity index (χ3v) is 3.46. The van der Waals surface area contributed by atoms with Crippen LogP contribution >= 0.6 is 15.9 Å². The zero-order chi connectivity index (χ0) is 18.3. The molecule has 0 bridgehead atoms. The Morgan fingerprint density at radius 1 is 1.29 bits per heavy atom. The molecule has 2 N–H and O–H groups in total. The molecule has 0 fully saturated rings. The maximum absolute atomic E-state index is 12.2. The van der Waals surface area contributed by atoms with Gasteiger partial charge in [0.2, 0.25) is 0 Å². The smallest absolute Gasteiger partial charge is 0.339 e. The number of methoxy groups -OCH3 is 1. The molecule has 1 rings (SSSR count). The van der Waals surface area contributed by atoms with Crippen molar-refractivity contribution in [3.8, 4) is 11.5 Å². The van der Waals surface area contributed by atoms with E-state index in [1.54, 1.807) is 6.92 Å². The van der Waals surface area contributed by atoms with E-state index in [9.17, 15) is 14.4 Å². The number of nitrogens with one attached hydrogen (secondary N) is 2. The molecular formula is C15H19BrN2O6. The van der Waals surface area contributed by atoms with Crippen molar-refractivity contribution in [1.82, 2.24) is 10.6 Å². The van der Waals surface area contributed by atoms with Crippen LogP contribution in [0.4, 0.5) is 4.79 Å². The van der Waals surface area contributed by atoms with Crippen molar-refractivity contribution >= 4 is 33.8 Å². The molecule has 24 heavy (non-hydrogen) atoms. The molecule has 0 aliphatic rings. The Labute approximate surface area is 148 Å². The highest BCUT2D eigenvalue weighted by Crippen LogP contribution is 2.36. The molecule has 0 radical (unpaired) electrons. The summed E-state index contributed by atoms with van der Waals surface area (Å²) in [6.45, 7) is 3.54. The molecule has 1 atom stereocenters. The molecule has 0 spiro atoms. The van der Waals surface area contributed by atoms with Crippen LogP contribution in [0.1, 0.15) is 24.2 Å². The fourth-order valence-electron chi connectivity index (χ4n) is 1.71. The lowest BCUT2D eigenvalue weighted by Crippen LogP contribution is -2.43. The lowest BCUT2D eigenvalue weighted by atomic mass is 10.2. The molecule has 3 amide bonds. The van der Waals surface area contributed by atoms with Crippen molar-refractivity contribution < 1.29 is 28.6 Å². The minimum absolute atomic E-state index is 0.172. The minimum atomic E-state index is -1.15. The van der Waals surface area contributed by atoms with Crippen LogP contribution in [0.5, 0.6) is 11.5 Å². The fourth-order valence-corrected chi connectivity index (χ4v) is 2.31. The number of hydrogen-bond donors (Lipinski definition) is 2. The number of amides is 3. The lowest BCUT2D eigenvalue weighted by molar-refractivity contribution is -0.127. The maximum Gasteiger partial charge on any atom is 0.339 e. The summed E-state index contributed by atoms with van der Waals surface area (Å²) in [6, 6.07) is 2.26. The Morgan fingerprint density at radius 2 is 1.96 bits per heavy atom. The van der Waals surface area contributed by atoms with Crippen LogP contribution in [0.3, 0.4) is 0 Å². The summed E-state index contributed by atoms with van der Waals surface area (Å²) in [5, 5.41) is 4.26. The first-order chi connectivity index (χ1) is 11.3. The highest BCUT2D eigenvalue weighted by molar-refractivity contribution is 9.10. The van der Waals surface area contributed by atoms with Crippen LogP contribution < -0.4 is 20.1 Å². The summed E-state index contributed by atoms with van der Waals surface area (Å²) in [5.41, 5.74) is 0.172. The van der Waals surface area contributed by atoms with Gasteiger partial charge in [-0.15, -0.1) is 0 Å². The highest BCUT2D eigenvalue weighted by Gasteiger charge is 2.22. The van der Waals surface area contributed by atoms with E-state index in [0.29, 0.717) is 22.6 Å². The van der Waals surface area contributed by atoms with E-state index >= 15 is 0 Å². The number of rotatable bonds is 6. The number of benzene rings is 1. The minimum Gasteiger partial charge on any atom is -0.492 e. The topological polar surface area (TPSA) is 103 Å². The molecule has 0 heterocycles. The van der Waals surface area contributed by atoms with E-state index in [0.717, 1.165) is 0 Å². The van der Waals surface area contributed by atoms with Gasteiger partial charge in [0.25, 0.3) is 5.91 Å². The van der Waals surface area contributed by atoms with E-state index in [1.807, 2.05) is 5.32 Å². The van der Waals surface area contributed by atoms with Gasteiger partial charge >= 0.3 is 12.0 Å². The van der Waals surface area contributed by atoms with Gasteiger partial charge in [-0.25, -0.2) is 9.59 Å². The summed E-state index contributed by atoms with van der Waals surface area (Å²) in [4.78, 5) is 35.0. The number of esters is 1. The van der Waals surface area contributed by atoms with Gasteiger partial charge in [0.15, 0.2) is 17.6 Å². The van der Waals surface area contributed by atoms with Crippen molar-refractivity contribution in [2.24, 2.45) is 0 Å². The summed E-state index contributed by atoms with van der Waals surface area (Å²) in [6.07, 6.45) is -1.15. The summed E-state index contributed by atoms with van der Waals surface area (Å²) < 4.78 is 16.2. The van der Waals surface area contributed by atoms with Crippen LogP contribution in [0.25, 0.3) is 0 Å². The summed E-state index contributed by atoms with van der Waals surface area (Å²) in [5.74, 6) is -0.665. The average Bonchev–Trinajstić information content (AvgIpc) is 2.54. The number of ether oxygens (including phenoxy) is 3. The first-order valence-electron chi connectivity index (χ1n) is 7.07. The van der Waals surface area contributed by atoms with Gasteiger partial charge in [-0.1, -0.05) is 0 Å². The van der Waals surface area contributed by atoms with Crippen LogP contribution in [-0.2, 0) is 9.53 Å². The van der Waals surface area contributed by atoms with Crippen LogP contribution in [0, 0.1) is 0 Å². The lowest BCUT2D eigenvalue weighted by Gasteiger charge is -2.15. The Bertz CT molecular complexity index is 635. The van der Waals surface area contributed by atoms with E-state index < -0.39 is 24.0 Å². The van der Waals surface area contributed by atoms with E-state index in [-0.39, 0.29) is 5.56 Å². The van der Waals surface area contributed by atoms with Crippen molar-refractivity contribution in [1.29, 1.82) is 0 Å². The van der Waals surface area contributed by atoms with E-state index in [2.05, 4.69) is 21.2 Å². The van der Waals surface area contributed by atoms with Gasteiger partial charge in [-0.3, -0.25) is 10.1 Å². The quantitative estimate of drug-likeness (QED) is 0.703. The summed E-state index contributed by atoms with van der Waals surface area (Å²) in [7, 11) is 2.84. The number of carbonyl (C=O) groups excluding carboxylic acids is 3. The molecule has 132 valence electrons. The van der Waals surface area contributed by atoms with Gasteiger partial charge in [-0.05, 0) is 41.9 Å². The first kappa shape index (κ1) is 19.8. The number of carbonyl (C=O) groups is 3. The van der Waals surface area contributed by atoms with Crippen molar-refractivity contribution in [2.45, 2.75) is 20.0 Å². The summed E-state index contributed by atoms with van der Waals surface area (Å²) >= 11 is 3.29. The first-order valence-corrected chi connectivity index (χ1v) is 7.87. The maximum atomic E-state index is 12.2. The third-order valence-electron chi connectivity index (χ3n) is 2.87. The zero-order valence-corrected chi connectivity index (χ0v) is 15.4. The molecule has 0 saturated heterocycles. The predicted octanol–water partition coefficient (Wildman–Crippen LogP) is 1.86. The molecule has 1 aromatic rings. The monoisotopic (exact) mass is 402 g/mol. The van der Waals surface area contributed by atoms with Gasteiger partial charge in [0.1, 0.15) is 0 Å². The number of hydrogen-bond acceptors (Lipinski definition) is 6. The standard InChI is InChI=1S/C15H19BrN2O6/c1-5-23-11-7-9(6-10(16)12(11)22-4)14(20)24-8(2)13(19)18-15(21)17-3/h6-8H,5H2,1-4H3,(H2,17,18,19,21)/t8-/m1/s1.